The number of anilines is 1. The molecule has 0 aliphatic heterocycles. The molecule has 0 unspecified atom stereocenters. The molecule has 0 saturated carbocycles. The molecule has 5 nitrogen and oxygen atoms in total. The van der Waals surface area contributed by atoms with Crippen molar-refractivity contribution in [2.24, 2.45) is 0 Å². The van der Waals surface area contributed by atoms with Crippen LogP contribution in [0.5, 0.6) is 0 Å². The molecule has 2 heterocycles. The molecule has 2 aromatic heterocycles. The van der Waals surface area contributed by atoms with Gasteiger partial charge in [-0.1, -0.05) is 11.6 Å². The van der Waals surface area contributed by atoms with Crippen LogP contribution in [0.1, 0.15) is 15.7 Å². The Bertz CT molecular complexity index is 463. The summed E-state index contributed by atoms with van der Waals surface area (Å²) < 4.78 is 0. The first-order valence-corrected chi connectivity index (χ1v) is 5.41. The van der Waals surface area contributed by atoms with Crippen LogP contribution in [-0.2, 0) is 6.42 Å². The molecule has 78 valence electrons. The predicted molar refractivity (Wildman–Crippen MR) is 58.9 cm³/mol. The fraction of sp³-hybridized carbons (Fsp3) is 0.250. The van der Waals surface area contributed by atoms with Crippen molar-refractivity contribution < 1.29 is 0 Å². The predicted octanol–water partition coefficient (Wildman–Crippen LogP) is 1.46. The zero-order valence-electron chi connectivity index (χ0n) is 7.94. The van der Waals surface area contributed by atoms with Gasteiger partial charge >= 0.3 is 0 Å². The van der Waals surface area contributed by atoms with Crippen molar-refractivity contribution in [2.75, 3.05) is 5.73 Å². The van der Waals surface area contributed by atoms with Gasteiger partial charge in [0.25, 0.3) is 0 Å². The van der Waals surface area contributed by atoms with Gasteiger partial charge in [0.05, 0.1) is 5.69 Å². The number of aryl methyl sites for hydroxylation is 1. The number of aromatic nitrogens is 4. The third kappa shape index (κ3) is 2.60. The normalized spacial score (nSPS) is 10.5. The molecule has 2 rings (SSSR count). The third-order valence-electron chi connectivity index (χ3n) is 1.67. The smallest absolute Gasteiger partial charge is 0.221 e. The van der Waals surface area contributed by atoms with Crippen LogP contribution in [0.2, 0.25) is 5.15 Å². The molecule has 0 aromatic carbocycles. The molecule has 7 heteroatoms. The second-order valence-electron chi connectivity index (χ2n) is 2.93. The average Bonchev–Trinajstić information content (AvgIpc) is 2.49. The number of hydrogen-bond donors (Lipinski definition) is 1. The zero-order chi connectivity index (χ0) is 10.8. The van der Waals surface area contributed by atoms with Crippen molar-refractivity contribution >= 4 is 28.9 Å². The van der Waals surface area contributed by atoms with E-state index < -0.39 is 0 Å². The van der Waals surface area contributed by atoms with Gasteiger partial charge in [-0.15, -0.1) is 21.5 Å². The number of nitrogen functional groups attached to an aromatic ring is 1. The van der Waals surface area contributed by atoms with Crippen LogP contribution < -0.4 is 5.73 Å². The average molecular weight is 242 g/mol. The van der Waals surface area contributed by atoms with E-state index in [1.807, 2.05) is 6.92 Å². The van der Waals surface area contributed by atoms with E-state index in [1.54, 1.807) is 6.07 Å². The van der Waals surface area contributed by atoms with E-state index in [0.29, 0.717) is 11.6 Å². The summed E-state index contributed by atoms with van der Waals surface area (Å²) in [7, 11) is 0. The number of nitrogens with two attached hydrogens (primary N) is 1. The number of hydrogen-bond acceptors (Lipinski definition) is 6. The molecule has 0 aliphatic carbocycles. The molecule has 0 atom stereocenters. The van der Waals surface area contributed by atoms with Crippen molar-refractivity contribution in [3.63, 3.8) is 0 Å². The Hall–Kier alpha value is -1.27. The summed E-state index contributed by atoms with van der Waals surface area (Å²) >= 11 is 7.29. The molecule has 0 aliphatic rings. The number of nitrogens with zero attached hydrogens (tertiary/aromatic N) is 4. The molecule has 0 saturated heterocycles. The maximum absolute atomic E-state index is 5.76. The van der Waals surface area contributed by atoms with Crippen molar-refractivity contribution in [1.82, 2.24) is 20.2 Å². The van der Waals surface area contributed by atoms with Crippen LogP contribution in [0, 0.1) is 6.92 Å². The van der Waals surface area contributed by atoms with Gasteiger partial charge in [-0.3, -0.25) is 0 Å². The van der Waals surface area contributed by atoms with Gasteiger partial charge in [0.15, 0.2) is 0 Å². The van der Waals surface area contributed by atoms with Crippen LogP contribution in [-0.4, -0.2) is 20.2 Å². The van der Waals surface area contributed by atoms with Crippen molar-refractivity contribution in [3.8, 4) is 0 Å². The lowest BCUT2D eigenvalue weighted by Gasteiger charge is -1.98. The van der Waals surface area contributed by atoms with Crippen molar-refractivity contribution in [2.45, 2.75) is 13.3 Å². The summed E-state index contributed by atoms with van der Waals surface area (Å²) in [5, 5.41) is 10.1. The van der Waals surface area contributed by atoms with E-state index in [1.165, 1.54) is 11.3 Å². The first-order valence-electron chi connectivity index (χ1n) is 4.21. The number of rotatable bonds is 2. The Labute approximate surface area is 95.3 Å². The Balaban J connectivity index is 2.24. The molecule has 2 N–H and O–H groups in total. The molecule has 0 amide bonds. The minimum Gasteiger partial charge on any atom is -0.368 e. The molecule has 15 heavy (non-hydrogen) atoms. The van der Waals surface area contributed by atoms with Gasteiger partial charge < -0.3 is 5.73 Å². The maximum Gasteiger partial charge on any atom is 0.221 e. The van der Waals surface area contributed by atoms with Gasteiger partial charge in [0, 0.05) is 6.42 Å². The maximum atomic E-state index is 5.76. The summed E-state index contributed by atoms with van der Waals surface area (Å²) in [6, 6.07) is 1.68. The van der Waals surface area contributed by atoms with Gasteiger partial charge in [-0.2, -0.15) is 0 Å². The highest BCUT2D eigenvalue weighted by Crippen LogP contribution is 2.15. The monoisotopic (exact) mass is 241 g/mol. The molecule has 0 radical (unpaired) electrons. The third-order valence-corrected chi connectivity index (χ3v) is 2.70. The quantitative estimate of drug-likeness (QED) is 0.806. The fourth-order valence-electron chi connectivity index (χ4n) is 1.14. The highest BCUT2D eigenvalue weighted by molar-refractivity contribution is 7.11. The lowest BCUT2D eigenvalue weighted by Crippen LogP contribution is -2.00. The molecule has 2 aromatic rings. The summed E-state index contributed by atoms with van der Waals surface area (Å²) in [5.41, 5.74) is 6.23. The first-order chi connectivity index (χ1) is 7.13. The van der Waals surface area contributed by atoms with E-state index in [-0.39, 0.29) is 5.95 Å². The summed E-state index contributed by atoms with van der Waals surface area (Å²) in [4.78, 5) is 7.84. The van der Waals surface area contributed by atoms with Crippen molar-refractivity contribution in [3.05, 3.63) is 26.9 Å². The van der Waals surface area contributed by atoms with Gasteiger partial charge in [-0.05, 0) is 13.0 Å². The molecular formula is C8H8ClN5S. The van der Waals surface area contributed by atoms with E-state index in [4.69, 9.17) is 17.3 Å². The second-order valence-corrected chi connectivity index (χ2v) is 4.59. The first kappa shape index (κ1) is 10.3. The van der Waals surface area contributed by atoms with E-state index in [2.05, 4.69) is 20.2 Å². The standard InChI is InChI=1S/C8H8ClN5S/c1-4-13-14-7(15-4)3-5-2-6(9)12-8(10)11-5/h2H,3H2,1H3,(H2,10,11,12). The van der Waals surface area contributed by atoms with Gasteiger partial charge in [-0.25, -0.2) is 9.97 Å². The van der Waals surface area contributed by atoms with Crippen LogP contribution >= 0.6 is 22.9 Å². The minimum atomic E-state index is 0.179. The lowest BCUT2D eigenvalue weighted by molar-refractivity contribution is 0.954. The van der Waals surface area contributed by atoms with E-state index in [9.17, 15) is 0 Å². The van der Waals surface area contributed by atoms with Gasteiger partial charge in [0.1, 0.15) is 15.2 Å². The molecule has 0 spiro atoms. The van der Waals surface area contributed by atoms with Crippen LogP contribution in [0.25, 0.3) is 0 Å². The molecular weight excluding hydrogens is 234 g/mol. The highest BCUT2D eigenvalue weighted by Gasteiger charge is 2.05. The topological polar surface area (TPSA) is 77.6 Å². The van der Waals surface area contributed by atoms with Crippen LogP contribution in [0.15, 0.2) is 6.07 Å². The fourth-order valence-corrected chi connectivity index (χ4v) is 2.07. The lowest BCUT2D eigenvalue weighted by atomic mass is 10.3. The zero-order valence-corrected chi connectivity index (χ0v) is 9.51. The van der Waals surface area contributed by atoms with E-state index in [0.717, 1.165) is 15.7 Å². The highest BCUT2D eigenvalue weighted by atomic mass is 35.5. The Morgan fingerprint density at radius 2 is 2.20 bits per heavy atom. The van der Waals surface area contributed by atoms with E-state index >= 15 is 0 Å². The SMILES string of the molecule is Cc1nnc(Cc2cc(Cl)nc(N)n2)s1. The van der Waals surface area contributed by atoms with Gasteiger partial charge in [0.2, 0.25) is 5.95 Å². The summed E-state index contributed by atoms with van der Waals surface area (Å²) in [6.45, 7) is 1.91. The van der Waals surface area contributed by atoms with Crippen molar-refractivity contribution in [1.29, 1.82) is 0 Å². The van der Waals surface area contributed by atoms with Crippen LogP contribution in [0.3, 0.4) is 0 Å². The Morgan fingerprint density at radius 1 is 1.40 bits per heavy atom. The molecule has 0 bridgehead atoms. The summed E-state index contributed by atoms with van der Waals surface area (Å²) in [5.74, 6) is 0.179. The Kier molecular flexibility index (Phi) is 2.79. The largest absolute Gasteiger partial charge is 0.368 e. The summed E-state index contributed by atoms with van der Waals surface area (Å²) in [6.07, 6.45) is 0.581. The minimum absolute atomic E-state index is 0.179. The Morgan fingerprint density at radius 3 is 2.80 bits per heavy atom. The molecule has 0 fully saturated rings. The number of halogens is 1. The van der Waals surface area contributed by atoms with Crippen LogP contribution in [0.4, 0.5) is 5.95 Å². The second kappa shape index (κ2) is 4.08.